The Hall–Kier alpha value is -5.05. The molecule has 3 N–H and O–H groups in total. The van der Waals surface area contributed by atoms with Crippen LogP contribution in [0.2, 0.25) is 0 Å². The van der Waals surface area contributed by atoms with Gasteiger partial charge in [0.1, 0.15) is 51.3 Å². The van der Waals surface area contributed by atoms with Crippen LogP contribution in [0.15, 0.2) is 78.2 Å². The number of alkyl halides is 6. The molecule has 0 amide bonds. The lowest BCUT2D eigenvalue weighted by Crippen LogP contribution is -2.08. The molecule has 4 aromatic rings. The number of benzene rings is 2. The van der Waals surface area contributed by atoms with E-state index in [2.05, 4.69) is 15.1 Å². The van der Waals surface area contributed by atoms with E-state index in [4.69, 9.17) is 29.9 Å². The number of pyridine rings is 2. The molecule has 4 rings (SSSR count). The van der Waals surface area contributed by atoms with E-state index in [1.165, 1.54) is 76.0 Å². The van der Waals surface area contributed by atoms with Gasteiger partial charge in [-0.05, 0) is 74.5 Å². The van der Waals surface area contributed by atoms with E-state index < -0.39 is 23.5 Å². The molecule has 0 aliphatic rings. The molecule has 0 saturated carbocycles. The van der Waals surface area contributed by atoms with Crippen LogP contribution in [0.3, 0.4) is 0 Å². The minimum absolute atomic E-state index is 0.0768. The topological polar surface area (TPSA) is 121 Å². The van der Waals surface area contributed by atoms with E-state index in [1.54, 1.807) is 13.0 Å². The lowest BCUT2D eigenvalue weighted by molar-refractivity contribution is -0.139. The number of ether oxygens (including phenoxy) is 4. The van der Waals surface area contributed by atoms with Gasteiger partial charge in [-0.25, -0.2) is 0 Å². The second-order valence-corrected chi connectivity index (χ2v) is 9.20. The molecule has 0 spiro atoms. The summed E-state index contributed by atoms with van der Waals surface area (Å²) in [6.07, 6.45) is -6.56. The van der Waals surface area contributed by atoms with Crippen molar-refractivity contribution in [1.29, 1.82) is 0 Å². The lowest BCUT2D eigenvalue weighted by Gasteiger charge is -2.15. The maximum atomic E-state index is 13.1. The summed E-state index contributed by atoms with van der Waals surface area (Å²) in [6.45, 7) is 3.29. The Labute approximate surface area is 253 Å². The first-order chi connectivity index (χ1) is 21.2. The van der Waals surface area contributed by atoms with Gasteiger partial charge in [0.15, 0.2) is 0 Å². The van der Waals surface area contributed by atoms with E-state index in [1.807, 2.05) is 0 Å². The number of rotatable bonds is 8. The molecule has 9 nitrogen and oxygen atoms in total. The molecular formula is C30H28F6N4O5. The zero-order valence-corrected chi connectivity index (χ0v) is 24.3. The Morgan fingerprint density at radius 2 is 1.18 bits per heavy atom. The summed E-state index contributed by atoms with van der Waals surface area (Å²) in [6, 6.07) is 12.7. The van der Waals surface area contributed by atoms with Crippen molar-refractivity contribution in [2.24, 2.45) is 10.9 Å². The number of hydrogen-bond acceptors (Lipinski definition) is 9. The van der Waals surface area contributed by atoms with Crippen LogP contribution in [-0.4, -0.2) is 35.1 Å². The summed E-state index contributed by atoms with van der Waals surface area (Å²) < 4.78 is 98.6. The number of hydrogen-bond donors (Lipinski definition) is 2. The molecule has 1 unspecified atom stereocenters. The highest BCUT2D eigenvalue weighted by Gasteiger charge is 2.36. The van der Waals surface area contributed by atoms with Gasteiger partial charge in [0, 0.05) is 6.04 Å². The van der Waals surface area contributed by atoms with E-state index >= 15 is 0 Å². The summed E-state index contributed by atoms with van der Waals surface area (Å²) in [5.41, 5.74) is 5.08. The largest absolute Gasteiger partial charge is 0.497 e. The SMILES string of the molecule is COc1ccc(Oc2ccc(/C(C)=N/O)nc2)c(C(F)(F)F)c1.COc1ccc(Oc2ccc(C(C)N)nc2)c(C(F)(F)F)c1. The van der Waals surface area contributed by atoms with Crippen molar-refractivity contribution in [1.82, 2.24) is 9.97 Å². The Kier molecular flexibility index (Phi) is 11.2. The molecule has 0 radical (unpaired) electrons. The van der Waals surface area contributed by atoms with Crippen LogP contribution in [0.5, 0.6) is 34.5 Å². The minimum Gasteiger partial charge on any atom is -0.497 e. The van der Waals surface area contributed by atoms with Gasteiger partial charge in [-0.15, -0.1) is 0 Å². The van der Waals surface area contributed by atoms with Crippen molar-refractivity contribution < 1.29 is 50.5 Å². The molecule has 0 bridgehead atoms. The first-order valence-electron chi connectivity index (χ1n) is 12.9. The van der Waals surface area contributed by atoms with Gasteiger partial charge in [-0.2, -0.15) is 26.3 Å². The minimum atomic E-state index is -4.59. The highest BCUT2D eigenvalue weighted by Crippen LogP contribution is 2.41. The smallest absolute Gasteiger partial charge is 0.420 e. The summed E-state index contributed by atoms with van der Waals surface area (Å²) >= 11 is 0. The van der Waals surface area contributed by atoms with Crippen molar-refractivity contribution in [3.63, 3.8) is 0 Å². The highest BCUT2D eigenvalue weighted by molar-refractivity contribution is 5.96. The number of nitrogens with zero attached hydrogens (tertiary/aromatic N) is 3. The summed E-state index contributed by atoms with van der Waals surface area (Å²) in [5, 5.41) is 11.6. The predicted octanol–water partition coefficient (Wildman–Crippen LogP) is 8.02. The number of nitrogens with two attached hydrogens (primary N) is 1. The van der Waals surface area contributed by atoms with Crippen molar-refractivity contribution >= 4 is 5.71 Å². The quantitative estimate of drug-likeness (QED) is 0.0862. The predicted molar refractivity (Wildman–Crippen MR) is 151 cm³/mol. The molecule has 1 atom stereocenters. The Balaban J connectivity index is 0.000000246. The van der Waals surface area contributed by atoms with Crippen molar-refractivity contribution in [2.75, 3.05) is 14.2 Å². The number of halogens is 6. The standard InChI is InChI=1S/C15H13F3N2O3.C15H15F3N2O2/c1-9(20-21)13-5-3-11(8-19-13)23-14-6-4-10(22-2)7-12(14)15(16,17)18;1-9(19)13-5-3-11(8-20-13)22-14-6-4-10(21-2)7-12(14)15(16,17)18/h3-8,21H,1-2H3;3-9H,19H2,1-2H3/b20-9+;. The second-order valence-electron chi connectivity index (χ2n) is 9.20. The highest BCUT2D eigenvalue weighted by atomic mass is 19.4. The summed E-state index contributed by atoms with van der Waals surface area (Å²) in [4.78, 5) is 7.99. The van der Waals surface area contributed by atoms with Gasteiger partial charge >= 0.3 is 12.4 Å². The number of methoxy groups -OCH3 is 2. The molecule has 2 aromatic heterocycles. The fourth-order valence-corrected chi connectivity index (χ4v) is 3.57. The first-order valence-corrected chi connectivity index (χ1v) is 12.9. The van der Waals surface area contributed by atoms with Gasteiger partial charge in [-0.3, -0.25) is 9.97 Å². The molecule has 0 fully saturated rings. The van der Waals surface area contributed by atoms with E-state index in [0.29, 0.717) is 11.4 Å². The fraction of sp³-hybridized carbons (Fsp3) is 0.233. The number of aromatic nitrogens is 2. The zero-order valence-electron chi connectivity index (χ0n) is 24.3. The van der Waals surface area contributed by atoms with Crippen LogP contribution in [0.1, 0.15) is 42.4 Å². The van der Waals surface area contributed by atoms with Crippen LogP contribution in [0.25, 0.3) is 0 Å². The van der Waals surface area contributed by atoms with E-state index in [0.717, 1.165) is 12.1 Å². The Morgan fingerprint density at radius 3 is 1.51 bits per heavy atom. The molecule has 45 heavy (non-hydrogen) atoms. The third-order valence-corrected chi connectivity index (χ3v) is 5.92. The molecular weight excluding hydrogens is 610 g/mol. The Morgan fingerprint density at radius 1 is 0.733 bits per heavy atom. The van der Waals surface area contributed by atoms with Crippen LogP contribution in [0.4, 0.5) is 26.3 Å². The molecule has 2 aromatic carbocycles. The monoisotopic (exact) mass is 638 g/mol. The third-order valence-electron chi connectivity index (χ3n) is 5.92. The molecule has 15 heteroatoms. The molecule has 240 valence electrons. The Bertz CT molecular complexity index is 1590. The van der Waals surface area contributed by atoms with Crippen LogP contribution in [-0.2, 0) is 12.4 Å². The molecule has 0 saturated heterocycles. The zero-order chi connectivity index (χ0) is 33.4. The van der Waals surface area contributed by atoms with Crippen molar-refractivity contribution in [3.05, 3.63) is 95.6 Å². The van der Waals surface area contributed by atoms with Gasteiger partial charge in [-0.1, -0.05) is 5.16 Å². The van der Waals surface area contributed by atoms with Gasteiger partial charge in [0.25, 0.3) is 0 Å². The summed E-state index contributed by atoms with van der Waals surface area (Å²) in [7, 11) is 2.58. The average molecular weight is 639 g/mol. The van der Waals surface area contributed by atoms with E-state index in [-0.39, 0.29) is 46.3 Å². The maximum absolute atomic E-state index is 13.1. The second kappa shape index (κ2) is 14.6. The van der Waals surface area contributed by atoms with Crippen molar-refractivity contribution in [2.45, 2.75) is 32.2 Å². The van der Waals surface area contributed by atoms with Crippen molar-refractivity contribution in [3.8, 4) is 34.5 Å². The third kappa shape index (κ3) is 9.47. The fourth-order valence-electron chi connectivity index (χ4n) is 3.57. The molecule has 0 aliphatic carbocycles. The first kappa shape index (κ1) is 34.4. The summed E-state index contributed by atoms with van der Waals surface area (Å²) in [5.74, 6) is -0.183. The number of oxime groups is 1. The van der Waals surface area contributed by atoms with Gasteiger partial charge in [0.05, 0.1) is 38.0 Å². The average Bonchev–Trinajstić information content (AvgIpc) is 3.01. The normalized spacial score (nSPS) is 12.5. The maximum Gasteiger partial charge on any atom is 0.420 e. The lowest BCUT2D eigenvalue weighted by atomic mass is 10.2. The molecule has 2 heterocycles. The van der Waals surface area contributed by atoms with Gasteiger partial charge < -0.3 is 29.9 Å². The molecule has 0 aliphatic heterocycles. The van der Waals surface area contributed by atoms with Crippen LogP contribution >= 0.6 is 0 Å². The van der Waals surface area contributed by atoms with E-state index in [9.17, 15) is 26.3 Å². The van der Waals surface area contributed by atoms with Gasteiger partial charge in [0.2, 0.25) is 0 Å². The van der Waals surface area contributed by atoms with Crippen LogP contribution < -0.4 is 24.7 Å². The van der Waals surface area contributed by atoms with Crippen LogP contribution in [0, 0.1) is 0 Å².